The molecule has 0 radical (unpaired) electrons. The minimum Gasteiger partial charge on any atom is -0.870 e. The summed E-state index contributed by atoms with van der Waals surface area (Å²) in [5.41, 5.74) is 0.456. The van der Waals surface area contributed by atoms with Crippen LogP contribution in [0.25, 0.3) is 0 Å². The van der Waals surface area contributed by atoms with E-state index in [0.29, 0.717) is 70.2 Å². The van der Waals surface area contributed by atoms with E-state index in [2.05, 4.69) is 0 Å². The maximum atomic E-state index is 11.5. The molecule has 0 aromatic heterocycles. The maximum Gasteiger partial charge on any atom is 1.00 e. The summed E-state index contributed by atoms with van der Waals surface area (Å²) in [6, 6.07) is 35.1. The van der Waals surface area contributed by atoms with Crippen molar-refractivity contribution in [2.75, 3.05) is 0 Å². The first-order valence-electron chi connectivity index (χ1n) is 15.3. The average Bonchev–Trinajstić information content (AvgIpc) is 3.11. The molecule has 0 aliphatic carbocycles. The number of hydrogen-bond acceptors (Lipinski definition) is 8. The molecule has 8 nitrogen and oxygen atoms in total. The third-order valence-corrected chi connectivity index (χ3v) is 7.99. The van der Waals surface area contributed by atoms with Gasteiger partial charge in [-0.2, -0.15) is 0 Å². The van der Waals surface area contributed by atoms with Gasteiger partial charge in [-0.25, -0.2) is 0 Å². The van der Waals surface area contributed by atoms with Crippen molar-refractivity contribution in [1.82, 2.24) is 0 Å². The quantitative estimate of drug-likeness (QED) is 0.0694. The molecule has 6 rings (SSSR count). The largest absolute Gasteiger partial charge is 1.00 e. The Morgan fingerprint density at radius 1 is 0.455 bits per heavy atom. The van der Waals surface area contributed by atoms with Crippen molar-refractivity contribution in [2.45, 2.75) is 13.8 Å². The summed E-state index contributed by atoms with van der Waals surface area (Å²) in [4.78, 5) is 22.5. The second-order valence-electron chi connectivity index (χ2n) is 10.7. The molecule has 0 bridgehead atoms. The number of esters is 1. The van der Waals surface area contributed by atoms with Gasteiger partial charge in [-0.3, -0.25) is 9.59 Å². The normalized spacial score (nSPS) is 9.75. The van der Waals surface area contributed by atoms with Crippen LogP contribution in [0.15, 0.2) is 127 Å². The molecule has 0 fully saturated rings. The molecule has 0 spiro atoms. The van der Waals surface area contributed by atoms with E-state index in [1.54, 1.807) is 115 Å². The molecule has 0 saturated carbocycles. The first kappa shape index (κ1) is 47.5. The monoisotopic (exact) mass is 870 g/mol. The summed E-state index contributed by atoms with van der Waals surface area (Å²) in [6.45, 7) is 2.79. The standard InChI is InChI=1S/C14H10Cl2O3.C14H10Cl2O2.C12H8Cl2O2.Na.H2O/c1-9(17)18-14-8-11(16)4-7-13(14)19-12-5-2-10(15)3-6-12;1-9(17)13-8-11(16)4-7-14(13)18-12-5-2-10(15)3-6-12;13-8-1-4-10(5-2-8)16-12-6-3-9(14)7-11(12)15;;/h2-8H,1H3;2-8H,1H3;1-7,15H;;1H2/q;;;+1;/p-1. The molecule has 0 amide bonds. The fraction of sp³-hybridized carbons (Fsp3) is 0.0500. The van der Waals surface area contributed by atoms with Crippen LogP contribution in [0.1, 0.15) is 24.2 Å². The van der Waals surface area contributed by atoms with E-state index < -0.39 is 5.97 Å². The van der Waals surface area contributed by atoms with Gasteiger partial charge < -0.3 is 29.5 Å². The second-order valence-corrected chi connectivity index (χ2v) is 13.3. The molecule has 0 saturated heterocycles. The number of Topliss-reactive ketones (excluding diaryl/α,β-unsaturated/α-hetero) is 1. The Balaban J connectivity index is 0.000000281. The number of aromatic hydroxyl groups is 1. The number of rotatable bonds is 8. The molecule has 0 atom stereocenters. The van der Waals surface area contributed by atoms with Gasteiger partial charge in [-0.05, 0) is 122 Å². The zero-order valence-electron chi connectivity index (χ0n) is 29.2. The van der Waals surface area contributed by atoms with Gasteiger partial charge in [-0.15, -0.1) is 0 Å². The molecule has 280 valence electrons. The van der Waals surface area contributed by atoms with Crippen molar-refractivity contribution in [3.05, 3.63) is 163 Å². The van der Waals surface area contributed by atoms with Crippen molar-refractivity contribution in [1.29, 1.82) is 0 Å². The van der Waals surface area contributed by atoms with E-state index in [1.807, 2.05) is 0 Å². The number of halogens is 6. The van der Waals surface area contributed by atoms with E-state index in [9.17, 15) is 14.7 Å². The molecule has 55 heavy (non-hydrogen) atoms. The van der Waals surface area contributed by atoms with Crippen LogP contribution in [0.5, 0.6) is 46.0 Å². The van der Waals surface area contributed by atoms with Crippen LogP contribution >= 0.6 is 69.6 Å². The van der Waals surface area contributed by atoms with Crippen LogP contribution in [-0.4, -0.2) is 22.3 Å². The summed E-state index contributed by atoms with van der Waals surface area (Å²) < 4.78 is 21.8. The number of ether oxygens (including phenoxy) is 4. The maximum absolute atomic E-state index is 11.5. The summed E-state index contributed by atoms with van der Waals surface area (Å²) >= 11 is 34.8. The van der Waals surface area contributed by atoms with Gasteiger partial charge in [0.25, 0.3) is 0 Å². The fourth-order valence-corrected chi connectivity index (χ4v) is 5.01. The third-order valence-electron chi connectivity index (χ3n) is 6.53. The molecule has 0 unspecified atom stereocenters. The minimum absolute atomic E-state index is 0. The van der Waals surface area contributed by atoms with Gasteiger partial charge in [0.1, 0.15) is 23.0 Å². The van der Waals surface area contributed by atoms with E-state index in [1.165, 1.54) is 26.0 Å². The number of hydrogen-bond donors (Lipinski definition) is 1. The molecule has 15 heteroatoms. The second kappa shape index (κ2) is 23.4. The Morgan fingerprint density at radius 3 is 1.22 bits per heavy atom. The molecular formula is C40H29Cl6NaO8. The Labute approximate surface area is 369 Å². The fourth-order valence-electron chi connectivity index (χ4n) is 4.13. The third kappa shape index (κ3) is 16.2. The predicted octanol–water partition coefficient (Wildman–Crippen LogP) is 11.0. The van der Waals surface area contributed by atoms with Gasteiger partial charge in [0.15, 0.2) is 28.8 Å². The Bertz CT molecular complexity index is 2170. The molecule has 6 aromatic carbocycles. The zero-order valence-corrected chi connectivity index (χ0v) is 35.8. The van der Waals surface area contributed by atoms with Crippen molar-refractivity contribution >= 4 is 81.4 Å². The van der Waals surface area contributed by atoms with Crippen LogP contribution in [0.3, 0.4) is 0 Å². The summed E-state index contributed by atoms with van der Waals surface area (Å²) in [6.07, 6.45) is 0. The van der Waals surface area contributed by atoms with Crippen LogP contribution < -0.4 is 48.5 Å². The predicted molar refractivity (Wildman–Crippen MR) is 214 cm³/mol. The number of phenols is 1. The SMILES string of the molecule is CC(=O)Oc1cc(Cl)ccc1Oc1ccc(Cl)cc1.CC(=O)c1cc(Cl)ccc1Oc1ccc(Cl)cc1.Oc1cc(Cl)ccc1Oc1ccc(Cl)cc1.[Na+].[OH-]. The molecular weight excluding hydrogens is 844 g/mol. The number of carbonyl (C=O) groups is 2. The van der Waals surface area contributed by atoms with Gasteiger partial charge in [0, 0.05) is 49.2 Å². The van der Waals surface area contributed by atoms with Gasteiger partial charge in [-0.1, -0.05) is 69.6 Å². The molecule has 0 heterocycles. The van der Waals surface area contributed by atoms with Crippen LogP contribution in [0, 0.1) is 0 Å². The van der Waals surface area contributed by atoms with E-state index in [-0.39, 0.29) is 52.3 Å². The Morgan fingerprint density at radius 2 is 0.800 bits per heavy atom. The van der Waals surface area contributed by atoms with Crippen LogP contribution in [0.4, 0.5) is 0 Å². The van der Waals surface area contributed by atoms with E-state index in [4.69, 9.17) is 88.6 Å². The van der Waals surface area contributed by atoms with E-state index >= 15 is 0 Å². The van der Waals surface area contributed by atoms with Crippen LogP contribution in [-0.2, 0) is 4.79 Å². The average molecular weight is 873 g/mol. The first-order chi connectivity index (χ1) is 25.2. The zero-order chi connectivity index (χ0) is 38.5. The van der Waals surface area contributed by atoms with Gasteiger partial charge in [0.2, 0.25) is 0 Å². The van der Waals surface area contributed by atoms with E-state index in [0.717, 1.165) is 0 Å². The van der Waals surface area contributed by atoms with Crippen molar-refractivity contribution in [2.24, 2.45) is 0 Å². The van der Waals surface area contributed by atoms with Crippen molar-refractivity contribution in [3.8, 4) is 46.0 Å². The molecule has 6 aromatic rings. The summed E-state index contributed by atoms with van der Waals surface area (Å²) in [5, 5.41) is 12.9. The molecule has 0 aliphatic rings. The number of phenolic OH excluding ortho intramolecular Hbond substituents is 1. The Hall–Kier alpha value is -3.64. The van der Waals surface area contributed by atoms with Gasteiger partial charge in [0.05, 0.1) is 5.56 Å². The topological polar surface area (TPSA) is 121 Å². The number of ketones is 1. The number of benzene rings is 6. The van der Waals surface area contributed by atoms with Crippen molar-refractivity contribution < 1.29 is 68.7 Å². The van der Waals surface area contributed by atoms with Crippen molar-refractivity contribution in [3.63, 3.8) is 0 Å². The Kier molecular flexibility index (Phi) is 20.2. The minimum atomic E-state index is -0.441. The molecule has 2 N–H and O–H groups in total. The first-order valence-corrected chi connectivity index (χ1v) is 17.6. The van der Waals surface area contributed by atoms with Gasteiger partial charge >= 0.3 is 35.5 Å². The summed E-state index contributed by atoms with van der Waals surface area (Å²) in [5.74, 6) is 2.77. The summed E-state index contributed by atoms with van der Waals surface area (Å²) in [7, 11) is 0. The molecule has 0 aliphatic heterocycles. The number of carbonyl (C=O) groups excluding carboxylic acids is 2. The smallest absolute Gasteiger partial charge is 0.870 e. The van der Waals surface area contributed by atoms with Crippen LogP contribution in [0.2, 0.25) is 30.1 Å².